The first kappa shape index (κ1) is 22.7. The topological polar surface area (TPSA) is 129 Å². The Labute approximate surface area is 182 Å². The van der Waals surface area contributed by atoms with Crippen LogP contribution < -0.4 is 21.7 Å². The van der Waals surface area contributed by atoms with Crippen molar-refractivity contribution in [3.8, 4) is 0 Å². The quantitative estimate of drug-likeness (QED) is 0.464. The van der Waals surface area contributed by atoms with Crippen molar-refractivity contribution in [2.75, 3.05) is 0 Å². The predicted molar refractivity (Wildman–Crippen MR) is 120 cm³/mol. The predicted octanol–water partition coefficient (Wildman–Crippen LogP) is 2.12. The Morgan fingerprint density at radius 3 is 2.52 bits per heavy atom. The molecule has 1 aromatic heterocycles. The zero-order valence-corrected chi connectivity index (χ0v) is 18.7. The number of nitrogens with two attached hydrogens (primary N) is 1. The van der Waals surface area contributed by atoms with E-state index in [1.165, 1.54) is 0 Å². The largest absolute Gasteiger partial charge is 0.368 e. The van der Waals surface area contributed by atoms with Crippen LogP contribution in [-0.4, -0.2) is 40.5 Å². The first-order valence-corrected chi connectivity index (χ1v) is 10.9. The van der Waals surface area contributed by atoms with Gasteiger partial charge in [0, 0.05) is 29.1 Å². The van der Waals surface area contributed by atoms with E-state index in [1.54, 1.807) is 0 Å². The molecule has 1 aliphatic rings. The molecule has 0 bridgehead atoms. The number of benzene rings is 1. The number of aryl methyl sites for hydroxylation is 1. The van der Waals surface area contributed by atoms with Crippen LogP contribution in [0, 0.1) is 5.92 Å². The van der Waals surface area contributed by atoms with Crippen LogP contribution in [0.25, 0.3) is 10.9 Å². The van der Waals surface area contributed by atoms with E-state index in [4.69, 9.17) is 5.73 Å². The minimum Gasteiger partial charge on any atom is -0.368 e. The third-order valence-corrected chi connectivity index (χ3v) is 6.22. The summed E-state index contributed by atoms with van der Waals surface area (Å²) < 4.78 is 0. The molecule has 0 radical (unpaired) electrons. The van der Waals surface area contributed by atoms with Gasteiger partial charge in [0.05, 0.1) is 0 Å². The lowest BCUT2D eigenvalue weighted by atomic mass is 9.78. The summed E-state index contributed by atoms with van der Waals surface area (Å²) in [6.07, 6.45) is 2.12. The van der Waals surface area contributed by atoms with Gasteiger partial charge in [0.1, 0.15) is 11.6 Å². The van der Waals surface area contributed by atoms with E-state index < -0.39 is 23.5 Å². The number of hydrogen-bond acceptors (Lipinski definition) is 3. The Hall–Kier alpha value is -3.03. The number of carbonyl (C=O) groups is 3. The Morgan fingerprint density at radius 1 is 1.16 bits per heavy atom. The fourth-order valence-electron chi connectivity index (χ4n) is 4.18. The Balaban J connectivity index is 1.96. The fourth-order valence-corrected chi connectivity index (χ4v) is 4.18. The second kappa shape index (κ2) is 8.99. The van der Waals surface area contributed by atoms with E-state index in [0.717, 1.165) is 28.6 Å². The van der Waals surface area contributed by atoms with Crippen molar-refractivity contribution in [3.63, 3.8) is 0 Å². The molecule has 1 aliphatic carbocycles. The standard InChI is InChI=1S/C23H33N5O3/c1-5-14(4)25-22(31)28-23(21(30)27-19(13(2)3)20(24)29)11-10-18-16(12-23)15-8-6-7-9-17(15)26-18/h6-9,13-14,19,26H,5,10-12H2,1-4H3,(H2,24,29)(H,27,30)(H2,25,28,31)/t14?,19-,23+/m0/s1. The lowest BCUT2D eigenvalue weighted by molar-refractivity contribution is -0.132. The molecule has 168 valence electrons. The number of para-hydroxylation sites is 1. The highest BCUT2D eigenvalue weighted by molar-refractivity contribution is 5.96. The first-order valence-electron chi connectivity index (χ1n) is 10.9. The van der Waals surface area contributed by atoms with Crippen LogP contribution in [0.3, 0.4) is 0 Å². The molecule has 8 heteroatoms. The molecule has 2 aromatic rings. The zero-order valence-electron chi connectivity index (χ0n) is 18.7. The minimum atomic E-state index is -1.18. The highest BCUT2D eigenvalue weighted by Crippen LogP contribution is 2.34. The minimum absolute atomic E-state index is 0.0265. The van der Waals surface area contributed by atoms with Gasteiger partial charge in [-0.2, -0.15) is 0 Å². The molecule has 31 heavy (non-hydrogen) atoms. The molecule has 0 saturated heterocycles. The van der Waals surface area contributed by atoms with Crippen molar-refractivity contribution in [1.82, 2.24) is 20.9 Å². The van der Waals surface area contributed by atoms with E-state index in [-0.39, 0.29) is 17.9 Å². The molecule has 0 saturated carbocycles. The normalized spacial score (nSPS) is 20.0. The van der Waals surface area contributed by atoms with Crippen molar-refractivity contribution in [2.45, 2.75) is 71.0 Å². The van der Waals surface area contributed by atoms with Crippen LogP contribution in [0.1, 0.15) is 51.8 Å². The molecule has 0 aliphatic heterocycles. The van der Waals surface area contributed by atoms with Crippen molar-refractivity contribution < 1.29 is 14.4 Å². The number of H-pyrrole nitrogens is 1. The van der Waals surface area contributed by atoms with Gasteiger partial charge in [-0.15, -0.1) is 0 Å². The molecule has 1 aromatic carbocycles. The number of amides is 4. The number of aromatic nitrogens is 1. The molecule has 0 fully saturated rings. The van der Waals surface area contributed by atoms with E-state index in [1.807, 2.05) is 52.0 Å². The van der Waals surface area contributed by atoms with E-state index >= 15 is 0 Å². The Kier molecular flexibility index (Phi) is 6.57. The van der Waals surface area contributed by atoms with Crippen LogP contribution in [0.4, 0.5) is 4.79 Å². The number of primary amides is 1. The molecule has 8 nitrogen and oxygen atoms in total. The van der Waals surface area contributed by atoms with Crippen molar-refractivity contribution in [3.05, 3.63) is 35.5 Å². The maximum absolute atomic E-state index is 13.5. The van der Waals surface area contributed by atoms with Gasteiger partial charge >= 0.3 is 6.03 Å². The first-order chi connectivity index (χ1) is 14.7. The van der Waals surface area contributed by atoms with Crippen molar-refractivity contribution in [2.24, 2.45) is 11.7 Å². The number of rotatable bonds is 7. The lowest BCUT2D eigenvalue weighted by Gasteiger charge is -2.38. The van der Waals surface area contributed by atoms with E-state index in [0.29, 0.717) is 19.3 Å². The summed E-state index contributed by atoms with van der Waals surface area (Å²) in [5, 5.41) is 9.67. The second-order valence-electron chi connectivity index (χ2n) is 8.89. The number of fused-ring (bicyclic) bond motifs is 3. The molecular weight excluding hydrogens is 394 g/mol. The SMILES string of the molecule is CCC(C)NC(=O)N[C@]1(C(=O)N[C@H](C(N)=O)C(C)C)CCc2[nH]c3ccccc3c2C1. The van der Waals surface area contributed by atoms with Crippen LogP contribution in [-0.2, 0) is 22.4 Å². The number of aromatic amines is 1. The van der Waals surface area contributed by atoms with Crippen LogP contribution in [0.2, 0.25) is 0 Å². The molecule has 3 atom stereocenters. The van der Waals surface area contributed by atoms with Gasteiger partial charge < -0.3 is 26.7 Å². The summed E-state index contributed by atoms with van der Waals surface area (Å²) in [5.74, 6) is -1.15. The number of nitrogens with one attached hydrogen (secondary N) is 4. The molecular formula is C23H33N5O3. The van der Waals surface area contributed by atoms with Gasteiger partial charge in [0.15, 0.2) is 0 Å². The number of urea groups is 1. The van der Waals surface area contributed by atoms with Crippen molar-refractivity contribution >= 4 is 28.7 Å². The summed E-state index contributed by atoms with van der Waals surface area (Å²) in [7, 11) is 0. The average molecular weight is 428 g/mol. The lowest BCUT2D eigenvalue weighted by Crippen LogP contribution is -2.66. The molecule has 3 rings (SSSR count). The average Bonchev–Trinajstić information content (AvgIpc) is 3.08. The van der Waals surface area contributed by atoms with Crippen molar-refractivity contribution in [1.29, 1.82) is 0 Å². The maximum atomic E-state index is 13.5. The van der Waals surface area contributed by atoms with Gasteiger partial charge in [-0.3, -0.25) is 9.59 Å². The smallest absolute Gasteiger partial charge is 0.315 e. The summed E-state index contributed by atoms with van der Waals surface area (Å²) in [6, 6.07) is 6.70. The highest BCUT2D eigenvalue weighted by atomic mass is 16.2. The summed E-state index contributed by atoms with van der Waals surface area (Å²) in [5.41, 5.74) is 7.43. The molecule has 0 spiro atoms. The van der Waals surface area contributed by atoms with Gasteiger partial charge in [-0.25, -0.2) is 4.79 Å². The molecule has 6 N–H and O–H groups in total. The van der Waals surface area contributed by atoms with Crippen LogP contribution in [0.5, 0.6) is 0 Å². The maximum Gasteiger partial charge on any atom is 0.315 e. The van der Waals surface area contributed by atoms with Crippen LogP contribution in [0.15, 0.2) is 24.3 Å². The highest BCUT2D eigenvalue weighted by Gasteiger charge is 2.45. The fraction of sp³-hybridized carbons (Fsp3) is 0.522. The molecule has 1 unspecified atom stereocenters. The van der Waals surface area contributed by atoms with Gasteiger partial charge in [0.2, 0.25) is 11.8 Å². The summed E-state index contributed by atoms with van der Waals surface area (Å²) >= 11 is 0. The van der Waals surface area contributed by atoms with Crippen LogP contribution >= 0.6 is 0 Å². The number of carbonyl (C=O) groups excluding carboxylic acids is 3. The number of hydrogen-bond donors (Lipinski definition) is 5. The third kappa shape index (κ3) is 4.68. The second-order valence-corrected chi connectivity index (χ2v) is 8.89. The molecule has 1 heterocycles. The Bertz CT molecular complexity index is 983. The third-order valence-electron chi connectivity index (χ3n) is 6.22. The van der Waals surface area contributed by atoms with Gasteiger partial charge in [-0.05, 0) is 43.7 Å². The van der Waals surface area contributed by atoms with E-state index in [9.17, 15) is 14.4 Å². The summed E-state index contributed by atoms with van der Waals surface area (Å²) in [6.45, 7) is 7.54. The summed E-state index contributed by atoms with van der Waals surface area (Å²) in [4.78, 5) is 41.6. The monoisotopic (exact) mass is 427 g/mol. The zero-order chi connectivity index (χ0) is 22.8. The van der Waals surface area contributed by atoms with E-state index in [2.05, 4.69) is 20.9 Å². The van der Waals surface area contributed by atoms with Gasteiger partial charge in [0.25, 0.3) is 0 Å². The molecule has 4 amide bonds. The van der Waals surface area contributed by atoms with Gasteiger partial charge in [-0.1, -0.05) is 39.0 Å². The Morgan fingerprint density at radius 2 is 1.87 bits per heavy atom.